The molecule has 0 bridgehead atoms. The van der Waals surface area contributed by atoms with Gasteiger partial charge in [-0.3, -0.25) is 0 Å². The van der Waals surface area contributed by atoms with Gasteiger partial charge < -0.3 is 14.4 Å². The predicted octanol–water partition coefficient (Wildman–Crippen LogP) is 2.24. The van der Waals surface area contributed by atoms with Crippen LogP contribution >= 0.6 is 11.3 Å². The number of aromatic nitrogens is 1. The largest absolute Gasteiger partial charge is 0.418 e. The maximum atomic E-state index is 9.71. The van der Waals surface area contributed by atoms with Crippen LogP contribution in [0.5, 0.6) is 0 Å². The number of anilines is 1. The van der Waals surface area contributed by atoms with Crippen LogP contribution in [0.2, 0.25) is 0 Å². The highest BCUT2D eigenvalue weighted by atomic mass is 32.1. The molecule has 19 heavy (non-hydrogen) atoms. The zero-order valence-corrected chi connectivity index (χ0v) is 11.1. The van der Waals surface area contributed by atoms with Crippen molar-refractivity contribution in [2.24, 2.45) is 0 Å². The Morgan fingerprint density at radius 2 is 2.47 bits per heavy atom. The van der Waals surface area contributed by atoms with Crippen molar-refractivity contribution in [3.05, 3.63) is 23.2 Å². The lowest BCUT2D eigenvalue weighted by Gasteiger charge is -2.29. The molecule has 98 valence electrons. The summed E-state index contributed by atoms with van der Waals surface area (Å²) < 4.78 is 5.73. The molecule has 3 heterocycles. The first-order valence-corrected chi connectivity index (χ1v) is 7.03. The Morgan fingerprint density at radius 1 is 1.58 bits per heavy atom. The number of rotatable bonds is 2. The van der Waals surface area contributed by atoms with Gasteiger partial charge in [0.2, 0.25) is 17.5 Å². The van der Waals surface area contributed by atoms with Crippen molar-refractivity contribution in [2.45, 2.75) is 18.9 Å². The van der Waals surface area contributed by atoms with Gasteiger partial charge in [-0.25, -0.2) is 0 Å². The number of piperidine rings is 1. The Morgan fingerprint density at radius 3 is 3.16 bits per heavy atom. The Hall–Kier alpha value is -1.84. The summed E-state index contributed by atoms with van der Waals surface area (Å²) in [4.78, 5) is 7.03. The molecule has 0 aromatic carbocycles. The van der Waals surface area contributed by atoms with Crippen molar-refractivity contribution in [2.75, 3.05) is 18.0 Å². The van der Waals surface area contributed by atoms with Crippen LogP contribution in [0.4, 0.5) is 5.88 Å². The first-order valence-electron chi connectivity index (χ1n) is 6.15. The number of aliphatic hydroxyl groups is 1. The van der Waals surface area contributed by atoms with Crippen molar-refractivity contribution in [3.8, 4) is 16.8 Å². The number of nitriles is 1. The molecule has 1 aliphatic heterocycles. The smallest absolute Gasteiger partial charge is 0.240 e. The molecule has 0 saturated carbocycles. The Labute approximate surface area is 114 Å². The molecule has 0 amide bonds. The number of hydrogen-bond acceptors (Lipinski definition) is 6. The van der Waals surface area contributed by atoms with E-state index in [0.29, 0.717) is 18.3 Å². The number of nitrogens with zero attached hydrogens (tertiary/aromatic N) is 3. The van der Waals surface area contributed by atoms with Crippen LogP contribution in [0.15, 0.2) is 21.9 Å². The Balaban J connectivity index is 1.95. The molecule has 5 nitrogen and oxygen atoms in total. The molecule has 1 saturated heterocycles. The van der Waals surface area contributed by atoms with Gasteiger partial charge in [0.15, 0.2) is 0 Å². The third-order valence-corrected chi connectivity index (χ3v) is 3.99. The quantitative estimate of drug-likeness (QED) is 0.909. The third-order valence-electron chi connectivity index (χ3n) is 3.13. The Kier molecular flexibility index (Phi) is 3.23. The average Bonchev–Trinajstić information content (AvgIpc) is 3.07. The highest BCUT2D eigenvalue weighted by molar-refractivity contribution is 7.13. The zero-order valence-electron chi connectivity index (χ0n) is 10.2. The van der Waals surface area contributed by atoms with E-state index in [9.17, 15) is 5.11 Å². The monoisotopic (exact) mass is 275 g/mol. The maximum Gasteiger partial charge on any atom is 0.240 e. The first-order chi connectivity index (χ1) is 9.28. The molecule has 0 radical (unpaired) electrons. The Bertz CT molecular complexity index is 600. The molecule has 3 rings (SSSR count). The van der Waals surface area contributed by atoms with E-state index in [-0.39, 0.29) is 11.8 Å². The van der Waals surface area contributed by atoms with Gasteiger partial charge in [-0.15, -0.1) is 11.3 Å². The third kappa shape index (κ3) is 2.35. The maximum absolute atomic E-state index is 9.71. The number of aliphatic hydroxyl groups excluding tert-OH is 1. The lowest BCUT2D eigenvalue weighted by Crippen LogP contribution is -2.38. The minimum atomic E-state index is -0.365. The van der Waals surface area contributed by atoms with E-state index < -0.39 is 0 Å². The summed E-state index contributed by atoms with van der Waals surface area (Å²) in [5.74, 6) is 0.950. The summed E-state index contributed by atoms with van der Waals surface area (Å²) in [5, 5.41) is 20.8. The summed E-state index contributed by atoms with van der Waals surface area (Å²) in [6, 6.07) is 5.89. The molecule has 6 heteroatoms. The normalized spacial score (nSPS) is 19.4. The lowest BCUT2D eigenvalue weighted by molar-refractivity contribution is 0.152. The summed E-state index contributed by atoms with van der Waals surface area (Å²) in [5.41, 5.74) is 0.289. The second-order valence-electron chi connectivity index (χ2n) is 4.50. The van der Waals surface area contributed by atoms with Gasteiger partial charge >= 0.3 is 0 Å². The van der Waals surface area contributed by atoms with Gasteiger partial charge in [0.05, 0.1) is 11.0 Å². The second kappa shape index (κ2) is 5.03. The van der Waals surface area contributed by atoms with Crippen molar-refractivity contribution >= 4 is 17.2 Å². The van der Waals surface area contributed by atoms with Gasteiger partial charge in [0.1, 0.15) is 6.07 Å². The summed E-state index contributed by atoms with van der Waals surface area (Å²) in [7, 11) is 0. The van der Waals surface area contributed by atoms with E-state index in [1.54, 1.807) is 0 Å². The minimum Gasteiger partial charge on any atom is -0.418 e. The molecule has 1 unspecified atom stereocenters. The van der Waals surface area contributed by atoms with E-state index in [1.807, 2.05) is 22.4 Å². The van der Waals surface area contributed by atoms with E-state index in [0.717, 1.165) is 24.3 Å². The molecule has 0 spiro atoms. The molecular formula is C13H13N3O2S. The van der Waals surface area contributed by atoms with Crippen LogP contribution in [-0.4, -0.2) is 29.3 Å². The van der Waals surface area contributed by atoms with Crippen LogP contribution in [0.1, 0.15) is 18.5 Å². The van der Waals surface area contributed by atoms with Crippen LogP contribution in [0.3, 0.4) is 0 Å². The van der Waals surface area contributed by atoms with E-state index in [2.05, 4.69) is 11.1 Å². The van der Waals surface area contributed by atoms with Gasteiger partial charge in [0.25, 0.3) is 0 Å². The zero-order chi connectivity index (χ0) is 13.2. The average molecular weight is 275 g/mol. The van der Waals surface area contributed by atoms with Crippen LogP contribution in [0, 0.1) is 11.3 Å². The molecule has 1 fully saturated rings. The number of oxazole rings is 1. The van der Waals surface area contributed by atoms with Crippen LogP contribution in [-0.2, 0) is 0 Å². The number of β-amino-alcohol motifs (C(OH)–C–C–N with tert-alkyl or cyclic N) is 1. The van der Waals surface area contributed by atoms with Crippen LogP contribution in [0.25, 0.3) is 10.8 Å². The summed E-state index contributed by atoms with van der Waals surface area (Å²) in [6.07, 6.45) is 1.32. The van der Waals surface area contributed by atoms with Crippen LogP contribution < -0.4 is 4.90 Å². The summed E-state index contributed by atoms with van der Waals surface area (Å²) in [6.45, 7) is 1.28. The second-order valence-corrected chi connectivity index (χ2v) is 5.45. The van der Waals surface area contributed by atoms with Crippen molar-refractivity contribution in [1.82, 2.24) is 4.98 Å². The van der Waals surface area contributed by atoms with E-state index >= 15 is 0 Å². The number of hydrogen-bond donors (Lipinski definition) is 1. The SMILES string of the molecule is N#Cc1nc(-c2cccs2)oc1N1CCCC(O)C1. The lowest BCUT2D eigenvalue weighted by atomic mass is 10.1. The molecule has 2 aromatic heterocycles. The highest BCUT2D eigenvalue weighted by Gasteiger charge is 2.25. The molecule has 1 N–H and O–H groups in total. The minimum absolute atomic E-state index is 0.289. The van der Waals surface area contributed by atoms with E-state index in [4.69, 9.17) is 9.68 Å². The molecule has 2 aromatic rings. The fraction of sp³-hybridized carbons (Fsp3) is 0.385. The number of thiophene rings is 1. The predicted molar refractivity (Wildman–Crippen MR) is 72.0 cm³/mol. The van der Waals surface area contributed by atoms with Crippen molar-refractivity contribution in [1.29, 1.82) is 5.26 Å². The van der Waals surface area contributed by atoms with Crippen molar-refractivity contribution in [3.63, 3.8) is 0 Å². The molecular weight excluding hydrogens is 262 g/mol. The van der Waals surface area contributed by atoms with Gasteiger partial charge in [-0.1, -0.05) is 6.07 Å². The van der Waals surface area contributed by atoms with Gasteiger partial charge in [-0.2, -0.15) is 10.2 Å². The molecule has 0 aliphatic carbocycles. The standard InChI is InChI=1S/C13H13N3O2S/c14-7-10-13(16-5-1-3-9(17)8-16)18-12(15-10)11-4-2-6-19-11/h2,4,6,9,17H,1,3,5,8H2. The van der Waals surface area contributed by atoms with Gasteiger partial charge in [-0.05, 0) is 24.3 Å². The van der Waals surface area contributed by atoms with E-state index in [1.165, 1.54) is 11.3 Å². The first kappa shape index (κ1) is 12.2. The molecule has 1 aliphatic rings. The highest BCUT2D eigenvalue weighted by Crippen LogP contribution is 2.31. The molecule has 1 atom stereocenters. The topological polar surface area (TPSA) is 73.3 Å². The summed E-state index contributed by atoms with van der Waals surface area (Å²) >= 11 is 1.52. The van der Waals surface area contributed by atoms with Crippen molar-refractivity contribution < 1.29 is 9.52 Å². The van der Waals surface area contributed by atoms with Gasteiger partial charge in [0, 0.05) is 13.1 Å². The fourth-order valence-electron chi connectivity index (χ4n) is 2.24. The fourth-order valence-corrected chi connectivity index (χ4v) is 2.89.